The lowest BCUT2D eigenvalue weighted by Gasteiger charge is -2.07. The number of fused-ring (bicyclic) bond motifs is 1. The summed E-state index contributed by atoms with van der Waals surface area (Å²) < 4.78 is 6.85. The molecule has 1 aromatic heterocycles. The SMILES string of the molecule is O=C(Cn1cc(C(=O)O)c2ccccc21)OCc1ccccc1. The molecule has 0 spiro atoms. The summed E-state index contributed by atoms with van der Waals surface area (Å²) in [5.74, 6) is -1.43. The third-order valence-electron chi connectivity index (χ3n) is 3.56. The van der Waals surface area contributed by atoms with Crippen molar-refractivity contribution in [2.75, 3.05) is 0 Å². The van der Waals surface area contributed by atoms with Gasteiger partial charge < -0.3 is 14.4 Å². The fourth-order valence-electron chi connectivity index (χ4n) is 2.47. The molecule has 0 atom stereocenters. The molecule has 0 amide bonds. The minimum atomic E-state index is -1.02. The van der Waals surface area contributed by atoms with Crippen molar-refractivity contribution < 1.29 is 19.4 Å². The summed E-state index contributed by atoms with van der Waals surface area (Å²) in [5.41, 5.74) is 1.78. The molecule has 0 unspecified atom stereocenters. The molecule has 5 nitrogen and oxygen atoms in total. The zero-order chi connectivity index (χ0) is 16.2. The number of aromatic nitrogens is 1. The van der Waals surface area contributed by atoms with Crippen molar-refractivity contribution in [3.8, 4) is 0 Å². The lowest BCUT2D eigenvalue weighted by atomic mass is 10.2. The van der Waals surface area contributed by atoms with Crippen LogP contribution in [-0.4, -0.2) is 21.6 Å². The maximum Gasteiger partial charge on any atom is 0.337 e. The molecule has 1 heterocycles. The highest BCUT2D eigenvalue weighted by Crippen LogP contribution is 2.21. The second-order valence-electron chi connectivity index (χ2n) is 5.14. The van der Waals surface area contributed by atoms with Gasteiger partial charge in [-0.3, -0.25) is 4.79 Å². The Morgan fingerprint density at radius 2 is 1.70 bits per heavy atom. The van der Waals surface area contributed by atoms with Crippen LogP contribution in [0.2, 0.25) is 0 Å². The molecule has 0 saturated heterocycles. The summed E-state index contributed by atoms with van der Waals surface area (Å²) in [6.07, 6.45) is 1.47. The number of nitrogens with zero attached hydrogens (tertiary/aromatic N) is 1. The topological polar surface area (TPSA) is 68.5 Å². The first kappa shape index (κ1) is 14.8. The van der Waals surface area contributed by atoms with Crippen LogP contribution in [0.5, 0.6) is 0 Å². The number of para-hydroxylation sites is 1. The van der Waals surface area contributed by atoms with Crippen molar-refractivity contribution in [3.63, 3.8) is 0 Å². The first-order valence-electron chi connectivity index (χ1n) is 7.16. The van der Waals surface area contributed by atoms with Gasteiger partial charge in [0.15, 0.2) is 0 Å². The Balaban J connectivity index is 1.76. The summed E-state index contributed by atoms with van der Waals surface area (Å²) in [4.78, 5) is 23.3. The molecule has 23 heavy (non-hydrogen) atoms. The summed E-state index contributed by atoms with van der Waals surface area (Å²) >= 11 is 0. The van der Waals surface area contributed by atoms with Gasteiger partial charge in [0.2, 0.25) is 0 Å². The predicted octanol–water partition coefficient (Wildman–Crippen LogP) is 3.08. The van der Waals surface area contributed by atoms with E-state index in [1.54, 1.807) is 28.8 Å². The van der Waals surface area contributed by atoms with Crippen molar-refractivity contribution >= 4 is 22.8 Å². The number of carbonyl (C=O) groups is 2. The smallest absolute Gasteiger partial charge is 0.337 e. The maximum absolute atomic E-state index is 12.0. The van der Waals surface area contributed by atoms with E-state index >= 15 is 0 Å². The number of ether oxygens (including phenoxy) is 1. The van der Waals surface area contributed by atoms with Gasteiger partial charge in [0.05, 0.1) is 5.56 Å². The molecule has 2 aromatic carbocycles. The van der Waals surface area contributed by atoms with Crippen molar-refractivity contribution in [2.45, 2.75) is 13.2 Å². The van der Waals surface area contributed by atoms with Crippen LogP contribution < -0.4 is 0 Å². The maximum atomic E-state index is 12.0. The third kappa shape index (κ3) is 3.23. The molecular formula is C18H15NO4. The molecule has 0 aliphatic heterocycles. The minimum absolute atomic E-state index is 0.0272. The third-order valence-corrected chi connectivity index (χ3v) is 3.56. The number of carbonyl (C=O) groups excluding carboxylic acids is 1. The number of hydrogen-bond acceptors (Lipinski definition) is 3. The number of carboxylic acid groups (broad SMARTS) is 1. The zero-order valence-corrected chi connectivity index (χ0v) is 12.3. The minimum Gasteiger partial charge on any atom is -0.478 e. The molecular weight excluding hydrogens is 294 g/mol. The molecule has 0 fully saturated rings. The van der Waals surface area contributed by atoms with Crippen LogP contribution in [0.1, 0.15) is 15.9 Å². The van der Waals surface area contributed by atoms with E-state index in [0.29, 0.717) is 10.9 Å². The monoisotopic (exact) mass is 309 g/mol. The van der Waals surface area contributed by atoms with Gasteiger partial charge in [0.25, 0.3) is 0 Å². The van der Waals surface area contributed by atoms with Crippen molar-refractivity contribution in [1.82, 2.24) is 4.57 Å². The Labute approximate surface area is 132 Å². The van der Waals surface area contributed by atoms with Crippen LogP contribution >= 0.6 is 0 Å². The van der Waals surface area contributed by atoms with E-state index in [0.717, 1.165) is 5.56 Å². The first-order valence-corrected chi connectivity index (χ1v) is 7.16. The molecule has 3 rings (SSSR count). The Kier molecular flexibility index (Phi) is 4.10. The first-order chi connectivity index (χ1) is 11.1. The van der Waals surface area contributed by atoms with Crippen LogP contribution in [0.25, 0.3) is 10.9 Å². The second-order valence-corrected chi connectivity index (χ2v) is 5.14. The Hall–Kier alpha value is -3.08. The van der Waals surface area contributed by atoms with Crippen molar-refractivity contribution in [1.29, 1.82) is 0 Å². The van der Waals surface area contributed by atoms with E-state index in [2.05, 4.69) is 0 Å². The molecule has 3 aromatic rings. The van der Waals surface area contributed by atoms with E-state index in [1.807, 2.05) is 30.3 Å². The van der Waals surface area contributed by atoms with Gasteiger partial charge in [0.1, 0.15) is 13.2 Å². The average Bonchev–Trinajstić information content (AvgIpc) is 2.93. The zero-order valence-electron chi connectivity index (χ0n) is 12.3. The molecule has 0 bridgehead atoms. The van der Waals surface area contributed by atoms with Gasteiger partial charge in [-0.05, 0) is 11.6 Å². The second kappa shape index (κ2) is 6.36. The normalized spacial score (nSPS) is 10.6. The summed E-state index contributed by atoms with van der Waals surface area (Å²) in [6, 6.07) is 16.5. The molecule has 0 aliphatic rings. The molecule has 1 N–H and O–H groups in total. The van der Waals surface area contributed by atoms with Crippen molar-refractivity contribution in [2.24, 2.45) is 0 Å². The highest BCUT2D eigenvalue weighted by atomic mass is 16.5. The van der Waals surface area contributed by atoms with Gasteiger partial charge in [0, 0.05) is 17.1 Å². The Morgan fingerprint density at radius 1 is 1.00 bits per heavy atom. The quantitative estimate of drug-likeness (QED) is 0.735. The van der Waals surface area contributed by atoms with Gasteiger partial charge in [-0.1, -0.05) is 48.5 Å². The van der Waals surface area contributed by atoms with Crippen molar-refractivity contribution in [3.05, 3.63) is 71.9 Å². The van der Waals surface area contributed by atoms with E-state index in [-0.39, 0.29) is 18.7 Å². The lowest BCUT2D eigenvalue weighted by Crippen LogP contribution is -2.12. The molecule has 5 heteroatoms. The fourth-order valence-corrected chi connectivity index (χ4v) is 2.47. The number of rotatable bonds is 5. The number of hydrogen-bond donors (Lipinski definition) is 1. The summed E-state index contributed by atoms with van der Waals surface area (Å²) in [6.45, 7) is 0.172. The van der Waals surface area contributed by atoms with E-state index in [4.69, 9.17) is 4.74 Å². The van der Waals surface area contributed by atoms with Gasteiger partial charge in [-0.2, -0.15) is 0 Å². The number of benzene rings is 2. The van der Waals surface area contributed by atoms with E-state index in [1.165, 1.54) is 6.20 Å². The van der Waals surface area contributed by atoms with Gasteiger partial charge in [-0.25, -0.2) is 4.79 Å². The van der Waals surface area contributed by atoms with Gasteiger partial charge in [-0.15, -0.1) is 0 Å². The number of esters is 1. The Morgan fingerprint density at radius 3 is 2.43 bits per heavy atom. The van der Waals surface area contributed by atoms with Crippen LogP contribution in [0, 0.1) is 0 Å². The molecule has 0 saturated carbocycles. The van der Waals surface area contributed by atoms with Crippen LogP contribution in [0.3, 0.4) is 0 Å². The largest absolute Gasteiger partial charge is 0.478 e. The number of aromatic carboxylic acids is 1. The summed E-state index contributed by atoms with van der Waals surface area (Å²) in [7, 11) is 0. The predicted molar refractivity (Wildman–Crippen MR) is 85.1 cm³/mol. The van der Waals surface area contributed by atoms with E-state index in [9.17, 15) is 14.7 Å². The Bertz CT molecular complexity index is 852. The van der Waals surface area contributed by atoms with E-state index < -0.39 is 11.9 Å². The van der Waals surface area contributed by atoms with Crippen LogP contribution in [0.15, 0.2) is 60.8 Å². The molecule has 0 radical (unpaired) electrons. The fraction of sp³-hybridized carbons (Fsp3) is 0.111. The highest BCUT2D eigenvalue weighted by molar-refractivity contribution is 6.03. The number of carboxylic acids is 1. The van der Waals surface area contributed by atoms with Gasteiger partial charge >= 0.3 is 11.9 Å². The van der Waals surface area contributed by atoms with Crippen LogP contribution in [-0.2, 0) is 22.7 Å². The average molecular weight is 309 g/mol. The standard InChI is InChI=1S/C18H15NO4/c20-17(23-12-13-6-2-1-3-7-13)11-19-10-15(18(21)22)14-8-4-5-9-16(14)19/h1-10H,11-12H2,(H,21,22). The molecule has 116 valence electrons. The lowest BCUT2D eigenvalue weighted by molar-refractivity contribution is -0.145. The molecule has 0 aliphatic carbocycles. The summed E-state index contributed by atoms with van der Waals surface area (Å²) in [5, 5.41) is 9.86. The van der Waals surface area contributed by atoms with Crippen LogP contribution in [0.4, 0.5) is 0 Å². The highest BCUT2D eigenvalue weighted by Gasteiger charge is 2.15.